The third-order valence-electron chi connectivity index (χ3n) is 3.11. The maximum absolute atomic E-state index is 13.0. The van der Waals surface area contributed by atoms with E-state index in [2.05, 4.69) is 10.3 Å². The van der Waals surface area contributed by atoms with Gasteiger partial charge in [-0.1, -0.05) is 11.8 Å². The second kappa shape index (κ2) is 6.16. The van der Waals surface area contributed by atoms with Crippen LogP contribution in [0.1, 0.15) is 36.6 Å². The van der Waals surface area contributed by atoms with Gasteiger partial charge in [0.1, 0.15) is 11.1 Å². The van der Waals surface area contributed by atoms with Gasteiger partial charge < -0.3 is 5.32 Å². The maximum atomic E-state index is 13.0. The third kappa shape index (κ3) is 3.91. The zero-order chi connectivity index (χ0) is 16.5. The van der Waals surface area contributed by atoms with Gasteiger partial charge >= 0.3 is 6.18 Å². The van der Waals surface area contributed by atoms with Gasteiger partial charge in [-0.25, -0.2) is 4.98 Å². The van der Waals surface area contributed by atoms with E-state index in [0.29, 0.717) is 0 Å². The SMILES string of the molecule is Cc1cc(C(F)(F)F)c(C#N)c(SC(C)C(=O)NC2CC2)n1. The Hall–Kier alpha value is -1.75. The summed E-state index contributed by atoms with van der Waals surface area (Å²) < 4.78 is 39.0. The van der Waals surface area contributed by atoms with Gasteiger partial charge in [0.15, 0.2) is 0 Å². The molecule has 1 saturated carbocycles. The minimum Gasteiger partial charge on any atom is -0.352 e. The van der Waals surface area contributed by atoms with Crippen molar-refractivity contribution in [1.29, 1.82) is 5.26 Å². The minimum atomic E-state index is -4.63. The molecule has 0 radical (unpaired) electrons. The molecular formula is C14H14F3N3OS. The van der Waals surface area contributed by atoms with Crippen LogP contribution in [0.4, 0.5) is 13.2 Å². The minimum absolute atomic E-state index is 0.0618. The number of aromatic nitrogens is 1. The van der Waals surface area contributed by atoms with Crippen LogP contribution in [0.2, 0.25) is 0 Å². The lowest BCUT2D eigenvalue weighted by molar-refractivity contribution is -0.138. The number of carbonyl (C=O) groups excluding carboxylic acids is 1. The number of hydrogen-bond donors (Lipinski definition) is 1. The zero-order valence-corrected chi connectivity index (χ0v) is 12.8. The van der Waals surface area contributed by atoms with Crippen molar-refractivity contribution in [3.8, 4) is 6.07 Å². The van der Waals surface area contributed by atoms with Gasteiger partial charge in [-0.3, -0.25) is 4.79 Å². The zero-order valence-electron chi connectivity index (χ0n) is 12.0. The van der Waals surface area contributed by atoms with Crippen molar-refractivity contribution >= 4 is 17.7 Å². The number of alkyl halides is 3. The van der Waals surface area contributed by atoms with Crippen LogP contribution in [-0.2, 0) is 11.0 Å². The van der Waals surface area contributed by atoms with E-state index >= 15 is 0 Å². The van der Waals surface area contributed by atoms with Crippen LogP contribution in [-0.4, -0.2) is 22.2 Å². The van der Waals surface area contributed by atoms with Gasteiger partial charge in [-0.15, -0.1) is 0 Å². The maximum Gasteiger partial charge on any atom is 0.417 e. The highest BCUT2D eigenvalue weighted by molar-refractivity contribution is 8.00. The van der Waals surface area contributed by atoms with Gasteiger partial charge in [0.05, 0.1) is 16.4 Å². The van der Waals surface area contributed by atoms with Crippen LogP contribution >= 0.6 is 11.8 Å². The van der Waals surface area contributed by atoms with Crippen molar-refractivity contribution in [2.24, 2.45) is 0 Å². The molecule has 1 atom stereocenters. The van der Waals surface area contributed by atoms with Crippen LogP contribution in [0.3, 0.4) is 0 Å². The molecule has 1 heterocycles. The molecule has 1 fully saturated rings. The first-order valence-corrected chi connectivity index (χ1v) is 7.56. The smallest absolute Gasteiger partial charge is 0.352 e. The molecule has 1 aromatic rings. The van der Waals surface area contributed by atoms with E-state index in [4.69, 9.17) is 5.26 Å². The number of hydrogen-bond acceptors (Lipinski definition) is 4. The van der Waals surface area contributed by atoms with Gasteiger partial charge in [0.25, 0.3) is 0 Å². The monoisotopic (exact) mass is 329 g/mol. The summed E-state index contributed by atoms with van der Waals surface area (Å²) in [6.07, 6.45) is -2.78. The fraction of sp³-hybridized carbons (Fsp3) is 0.500. The largest absolute Gasteiger partial charge is 0.417 e. The number of amides is 1. The number of rotatable bonds is 4. The summed E-state index contributed by atoms with van der Waals surface area (Å²) in [7, 11) is 0. The highest BCUT2D eigenvalue weighted by Crippen LogP contribution is 2.37. The summed E-state index contributed by atoms with van der Waals surface area (Å²) in [5.41, 5.74) is -1.39. The van der Waals surface area contributed by atoms with Crippen molar-refractivity contribution in [2.75, 3.05) is 0 Å². The normalized spacial score (nSPS) is 16.0. The van der Waals surface area contributed by atoms with Crippen molar-refractivity contribution in [1.82, 2.24) is 10.3 Å². The van der Waals surface area contributed by atoms with Crippen LogP contribution in [0.15, 0.2) is 11.1 Å². The molecule has 22 heavy (non-hydrogen) atoms. The predicted molar refractivity (Wildman–Crippen MR) is 75.2 cm³/mol. The fourth-order valence-corrected chi connectivity index (χ4v) is 2.81. The molecule has 0 aromatic carbocycles. The Morgan fingerprint density at radius 3 is 2.68 bits per heavy atom. The Morgan fingerprint density at radius 2 is 2.18 bits per heavy atom. The summed E-state index contributed by atoms with van der Waals surface area (Å²) in [6, 6.07) is 2.57. The van der Waals surface area contributed by atoms with Crippen LogP contribution in [0.25, 0.3) is 0 Å². The number of thioether (sulfide) groups is 1. The van der Waals surface area contributed by atoms with E-state index in [-0.39, 0.29) is 22.7 Å². The van der Waals surface area contributed by atoms with E-state index in [9.17, 15) is 18.0 Å². The summed E-state index contributed by atoms with van der Waals surface area (Å²) in [5, 5.41) is 11.2. The van der Waals surface area contributed by atoms with E-state index in [1.54, 1.807) is 13.0 Å². The first-order chi connectivity index (χ1) is 10.2. The number of aryl methyl sites for hydroxylation is 1. The lowest BCUT2D eigenvalue weighted by atomic mass is 10.1. The summed E-state index contributed by atoms with van der Waals surface area (Å²) in [6.45, 7) is 3.01. The molecular weight excluding hydrogens is 315 g/mol. The first-order valence-electron chi connectivity index (χ1n) is 6.68. The highest BCUT2D eigenvalue weighted by atomic mass is 32.2. The number of carbonyl (C=O) groups is 1. The Balaban J connectivity index is 2.28. The molecule has 1 aliphatic carbocycles. The van der Waals surface area contributed by atoms with Crippen molar-refractivity contribution in [3.05, 3.63) is 22.9 Å². The van der Waals surface area contributed by atoms with Crippen molar-refractivity contribution in [2.45, 2.75) is 49.2 Å². The quantitative estimate of drug-likeness (QED) is 0.862. The first kappa shape index (κ1) is 16.6. The number of nitrogens with zero attached hydrogens (tertiary/aromatic N) is 2. The molecule has 1 unspecified atom stereocenters. The number of nitriles is 1. The molecule has 0 saturated heterocycles. The van der Waals surface area contributed by atoms with E-state index < -0.39 is 22.6 Å². The average Bonchev–Trinajstić information content (AvgIpc) is 3.20. The molecule has 4 nitrogen and oxygen atoms in total. The Morgan fingerprint density at radius 1 is 1.55 bits per heavy atom. The molecule has 1 amide bonds. The molecule has 1 aliphatic rings. The fourth-order valence-electron chi connectivity index (χ4n) is 1.83. The van der Waals surface area contributed by atoms with Gasteiger partial charge in [-0.2, -0.15) is 18.4 Å². The predicted octanol–water partition coefficient (Wildman–Crippen LogP) is 3.04. The second-order valence-corrected chi connectivity index (χ2v) is 6.47. The summed E-state index contributed by atoms with van der Waals surface area (Å²) >= 11 is 0.871. The average molecular weight is 329 g/mol. The van der Waals surface area contributed by atoms with Crippen LogP contribution in [0.5, 0.6) is 0 Å². The Kier molecular flexibility index (Phi) is 4.66. The second-order valence-electron chi connectivity index (χ2n) is 5.14. The summed E-state index contributed by atoms with van der Waals surface area (Å²) in [5.74, 6) is -0.256. The molecule has 1 N–H and O–H groups in total. The molecule has 1 aromatic heterocycles. The molecule has 0 spiro atoms. The van der Waals surface area contributed by atoms with Crippen LogP contribution in [0, 0.1) is 18.3 Å². The van der Waals surface area contributed by atoms with E-state index in [1.165, 1.54) is 6.92 Å². The molecule has 118 valence electrons. The van der Waals surface area contributed by atoms with Gasteiger partial charge in [0, 0.05) is 11.7 Å². The van der Waals surface area contributed by atoms with Gasteiger partial charge in [-0.05, 0) is 32.8 Å². The van der Waals surface area contributed by atoms with Crippen LogP contribution < -0.4 is 5.32 Å². The van der Waals surface area contributed by atoms with Crippen molar-refractivity contribution in [3.63, 3.8) is 0 Å². The van der Waals surface area contributed by atoms with E-state index in [0.717, 1.165) is 30.7 Å². The van der Waals surface area contributed by atoms with Gasteiger partial charge in [0.2, 0.25) is 5.91 Å². The highest BCUT2D eigenvalue weighted by Gasteiger charge is 2.36. The number of pyridine rings is 1. The number of nitrogens with one attached hydrogen (secondary N) is 1. The Bertz CT molecular complexity index is 635. The Labute approximate surface area is 130 Å². The molecule has 8 heteroatoms. The third-order valence-corrected chi connectivity index (χ3v) is 4.20. The van der Waals surface area contributed by atoms with E-state index in [1.807, 2.05) is 0 Å². The number of halogens is 3. The molecule has 0 aliphatic heterocycles. The lowest BCUT2D eigenvalue weighted by Crippen LogP contribution is -2.32. The summed E-state index contributed by atoms with van der Waals surface area (Å²) in [4.78, 5) is 15.9. The molecule has 2 rings (SSSR count). The topological polar surface area (TPSA) is 65.8 Å². The molecule has 0 bridgehead atoms. The lowest BCUT2D eigenvalue weighted by Gasteiger charge is -2.15. The van der Waals surface area contributed by atoms with Crippen molar-refractivity contribution < 1.29 is 18.0 Å². The standard InChI is InChI=1S/C14H14F3N3OS/c1-7-5-11(14(15,16)17)10(6-18)13(19-7)22-8(2)12(21)20-9-3-4-9/h5,8-9H,3-4H2,1-2H3,(H,20,21).